The number of morpholine rings is 1. The zero-order valence-corrected chi connectivity index (χ0v) is 12.2. The van der Waals surface area contributed by atoms with Crippen LogP contribution in [0.5, 0.6) is 0 Å². The second-order valence-electron chi connectivity index (χ2n) is 4.51. The Bertz CT molecular complexity index is 479. The van der Waals surface area contributed by atoms with E-state index in [0.717, 1.165) is 0 Å². The first-order chi connectivity index (χ1) is 9.58. The van der Waals surface area contributed by atoms with Crippen LogP contribution >= 0.6 is 23.2 Å². The van der Waals surface area contributed by atoms with Gasteiger partial charge < -0.3 is 20.5 Å². The number of halogens is 2. The zero-order chi connectivity index (χ0) is 14.5. The summed E-state index contributed by atoms with van der Waals surface area (Å²) in [4.78, 5) is 11.9. The van der Waals surface area contributed by atoms with Crippen LogP contribution in [0.1, 0.15) is 11.7 Å². The molecule has 1 fully saturated rings. The first-order valence-corrected chi connectivity index (χ1v) is 7.05. The average molecular weight is 319 g/mol. The molecule has 1 aromatic carbocycles. The molecule has 5 nitrogen and oxygen atoms in total. The summed E-state index contributed by atoms with van der Waals surface area (Å²) in [6.07, 6.45) is -0.881. The number of hydrogen-bond acceptors (Lipinski definition) is 4. The summed E-state index contributed by atoms with van der Waals surface area (Å²) in [5.41, 5.74) is 0.532. The topological polar surface area (TPSA) is 70.6 Å². The van der Waals surface area contributed by atoms with Crippen LogP contribution < -0.4 is 10.6 Å². The number of amides is 1. The van der Waals surface area contributed by atoms with Gasteiger partial charge in [0, 0.05) is 28.7 Å². The fourth-order valence-electron chi connectivity index (χ4n) is 1.94. The molecule has 1 aromatic rings. The molecule has 7 heteroatoms. The lowest BCUT2D eigenvalue weighted by atomic mass is 10.1. The normalized spacial score (nSPS) is 20.4. The molecular weight excluding hydrogens is 303 g/mol. The number of rotatable bonds is 4. The minimum absolute atomic E-state index is 0.0817. The van der Waals surface area contributed by atoms with E-state index in [2.05, 4.69) is 10.6 Å². The van der Waals surface area contributed by atoms with Gasteiger partial charge in [-0.3, -0.25) is 4.79 Å². The fraction of sp³-hybridized carbons (Fsp3) is 0.462. The molecular formula is C13H16Cl2N2O3. The van der Waals surface area contributed by atoms with Crippen molar-refractivity contribution in [1.29, 1.82) is 0 Å². The number of aliphatic hydroxyl groups is 1. The summed E-state index contributed by atoms with van der Waals surface area (Å²) in [7, 11) is 0. The van der Waals surface area contributed by atoms with Gasteiger partial charge in [-0.25, -0.2) is 0 Å². The molecule has 1 aliphatic rings. The van der Waals surface area contributed by atoms with Gasteiger partial charge in [-0.05, 0) is 12.1 Å². The maximum absolute atomic E-state index is 11.9. The highest BCUT2D eigenvalue weighted by atomic mass is 35.5. The number of carbonyl (C=O) groups excluding carboxylic acids is 1. The molecule has 0 aliphatic carbocycles. The molecule has 2 unspecified atom stereocenters. The van der Waals surface area contributed by atoms with Gasteiger partial charge in [0.05, 0.1) is 19.3 Å². The number of nitrogens with one attached hydrogen (secondary N) is 2. The quantitative estimate of drug-likeness (QED) is 0.778. The Morgan fingerprint density at radius 3 is 3.00 bits per heavy atom. The molecule has 0 radical (unpaired) electrons. The molecule has 3 N–H and O–H groups in total. The van der Waals surface area contributed by atoms with E-state index in [1.807, 2.05) is 0 Å². The zero-order valence-electron chi connectivity index (χ0n) is 10.7. The fourth-order valence-corrected chi connectivity index (χ4v) is 2.47. The highest BCUT2D eigenvalue weighted by molar-refractivity contribution is 6.35. The van der Waals surface area contributed by atoms with E-state index < -0.39 is 6.10 Å². The van der Waals surface area contributed by atoms with Crippen molar-refractivity contribution in [2.24, 2.45) is 0 Å². The Kier molecular flexibility index (Phi) is 5.63. The van der Waals surface area contributed by atoms with Crippen molar-refractivity contribution in [2.45, 2.75) is 12.1 Å². The molecule has 0 saturated carbocycles. The average Bonchev–Trinajstić information content (AvgIpc) is 2.45. The van der Waals surface area contributed by atoms with E-state index in [1.165, 1.54) is 0 Å². The van der Waals surface area contributed by atoms with Crippen LogP contribution in [-0.4, -0.2) is 43.4 Å². The summed E-state index contributed by atoms with van der Waals surface area (Å²) >= 11 is 11.8. The molecule has 1 heterocycles. The second kappa shape index (κ2) is 7.24. The lowest BCUT2D eigenvalue weighted by Gasteiger charge is -2.23. The molecule has 1 saturated heterocycles. The van der Waals surface area contributed by atoms with E-state index in [1.54, 1.807) is 18.2 Å². The Balaban J connectivity index is 1.87. The molecule has 2 atom stereocenters. The third-order valence-electron chi connectivity index (χ3n) is 3.03. The highest BCUT2D eigenvalue weighted by Gasteiger charge is 2.22. The summed E-state index contributed by atoms with van der Waals surface area (Å²) in [6, 6.07) is 4.46. The molecule has 2 rings (SSSR count). The summed E-state index contributed by atoms with van der Waals surface area (Å²) < 4.78 is 5.21. The van der Waals surface area contributed by atoms with Crippen molar-refractivity contribution in [3.63, 3.8) is 0 Å². The first kappa shape index (κ1) is 15.5. The van der Waals surface area contributed by atoms with Crippen LogP contribution in [0.2, 0.25) is 10.0 Å². The van der Waals surface area contributed by atoms with E-state index in [9.17, 15) is 9.90 Å². The lowest BCUT2D eigenvalue weighted by Crippen LogP contribution is -2.51. The van der Waals surface area contributed by atoms with E-state index >= 15 is 0 Å². The van der Waals surface area contributed by atoms with Crippen molar-refractivity contribution in [3.8, 4) is 0 Å². The molecule has 0 bridgehead atoms. The predicted molar refractivity (Wildman–Crippen MR) is 77.0 cm³/mol. The van der Waals surface area contributed by atoms with E-state index in [4.69, 9.17) is 27.9 Å². The third kappa shape index (κ3) is 4.07. The molecule has 110 valence electrons. The van der Waals surface area contributed by atoms with Crippen LogP contribution in [0, 0.1) is 0 Å². The van der Waals surface area contributed by atoms with Gasteiger partial charge in [0.2, 0.25) is 5.91 Å². The highest BCUT2D eigenvalue weighted by Crippen LogP contribution is 2.25. The standard InChI is InChI=1S/C13H16Cl2N2O3/c14-8-1-2-9(10(15)5-8)12(18)6-17-13(19)11-7-20-4-3-16-11/h1-2,5,11-12,16,18H,3-4,6-7H2,(H,17,19). The number of benzene rings is 1. The molecule has 20 heavy (non-hydrogen) atoms. The van der Waals surface area contributed by atoms with Crippen LogP contribution in [-0.2, 0) is 9.53 Å². The van der Waals surface area contributed by atoms with Gasteiger partial charge in [-0.1, -0.05) is 29.3 Å². The number of aliphatic hydroxyl groups excluding tert-OH is 1. The Morgan fingerprint density at radius 1 is 1.55 bits per heavy atom. The van der Waals surface area contributed by atoms with E-state index in [0.29, 0.717) is 35.4 Å². The van der Waals surface area contributed by atoms with Gasteiger partial charge >= 0.3 is 0 Å². The first-order valence-electron chi connectivity index (χ1n) is 6.30. The van der Waals surface area contributed by atoms with Crippen molar-refractivity contribution in [1.82, 2.24) is 10.6 Å². The number of ether oxygens (including phenoxy) is 1. The Labute approximate surface area is 127 Å². The van der Waals surface area contributed by atoms with Crippen LogP contribution in [0.4, 0.5) is 0 Å². The lowest BCUT2D eigenvalue weighted by molar-refractivity contribution is -0.126. The maximum Gasteiger partial charge on any atom is 0.239 e. The van der Waals surface area contributed by atoms with Crippen LogP contribution in [0.3, 0.4) is 0 Å². The van der Waals surface area contributed by atoms with Gasteiger partial charge in [-0.15, -0.1) is 0 Å². The van der Waals surface area contributed by atoms with Gasteiger partial charge in [0.25, 0.3) is 0 Å². The van der Waals surface area contributed by atoms with Crippen molar-refractivity contribution in [3.05, 3.63) is 33.8 Å². The maximum atomic E-state index is 11.9. The van der Waals surface area contributed by atoms with Crippen molar-refractivity contribution >= 4 is 29.1 Å². The molecule has 1 aliphatic heterocycles. The predicted octanol–water partition coefficient (Wildman–Crippen LogP) is 1.13. The van der Waals surface area contributed by atoms with Crippen molar-refractivity contribution < 1.29 is 14.6 Å². The van der Waals surface area contributed by atoms with Crippen LogP contribution in [0.15, 0.2) is 18.2 Å². The van der Waals surface area contributed by atoms with Crippen molar-refractivity contribution in [2.75, 3.05) is 26.3 Å². The summed E-state index contributed by atoms with van der Waals surface area (Å²) in [6.45, 7) is 1.67. The molecule has 0 spiro atoms. The summed E-state index contributed by atoms with van der Waals surface area (Å²) in [5, 5.41) is 16.6. The Hall–Kier alpha value is -0.850. The third-order valence-corrected chi connectivity index (χ3v) is 3.59. The minimum atomic E-state index is -0.881. The van der Waals surface area contributed by atoms with Crippen LogP contribution in [0.25, 0.3) is 0 Å². The van der Waals surface area contributed by atoms with E-state index in [-0.39, 0.29) is 18.5 Å². The smallest absolute Gasteiger partial charge is 0.239 e. The van der Waals surface area contributed by atoms with Gasteiger partial charge in [0.1, 0.15) is 6.04 Å². The monoisotopic (exact) mass is 318 g/mol. The number of carbonyl (C=O) groups is 1. The second-order valence-corrected chi connectivity index (χ2v) is 5.35. The SMILES string of the molecule is O=C(NCC(O)c1ccc(Cl)cc1Cl)C1COCCN1. The minimum Gasteiger partial charge on any atom is -0.387 e. The summed E-state index contributed by atoms with van der Waals surface area (Å²) in [5.74, 6) is -0.200. The largest absolute Gasteiger partial charge is 0.387 e. The number of hydrogen-bond donors (Lipinski definition) is 3. The van der Waals surface area contributed by atoms with Gasteiger partial charge in [0.15, 0.2) is 0 Å². The van der Waals surface area contributed by atoms with Gasteiger partial charge in [-0.2, -0.15) is 0 Å². The molecule has 1 amide bonds. The molecule has 0 aromatic heterocycles. The Morgan fingerprint density at radius 2 is 2.35 bits per heavy atom.